The first-order valence-corrected chi connectivity index (χ1v) is 9.83. The molecule has 3 aromatic rings. The predicted molar refractivity (Wildman–Crippen MR) is 116 cm³/mol. The van der Waals surface area contributed by atoms with E-state index in [1.807, 2.05) is 19.1 Å². The van der Waals surface area contributed by atoms with E-state index in [0.29, 0.717) is 40.9 Å². The molecule has 0 radical (unpaired) electrons. The van der Waals surface area contributed by atoms with E-state index >= 15 is 0 Å². The number of carbonyl (C=O) groups excluding carboxylic acids is 2. The largest absolute Gasteiger partial charge is 0.489 e. The molecule has 0 bridgehead atoms. The first-order chi connectivity index (χ1) is 14.4. The quantitative estimate of drug-likeness (QED) is 0.617. The van der Waals surface area contributed by atoms with E-state index in [1.54, 1.807) is 55.2 Å². The average Bonchev–Trinajstić information content (AvgIpc) is 3.15. The number of nitrogens with one attached hydrogen (secondary N) is 1. The monoisotopic (exact) mass is 426 g/mol. The van der Waals surface area contributed by atoms with Crippen molar-refractivity contribution in [2.45, 2.75) is 20.1 Å². The third-order valence-corrected chi connectivity index (χ3v) is 4.68. The van der Waals surface area contributed by atoms with Gasteiger partial charge in [-0.05, 0) is 48.9 Å². The van der Waals surface area contributed by atoms with Crippen molar-refractivity contribution in [3.63, 3.8) is 0 Å². The van der Waals surface area contributed by atoms with Crippen molar-refractivity contribution in [1.82, 2.24) is 14.7 Å². The van der Waals surface area contributed by atoms with Crippen molar-refractivity contribution in [3.8, 4) is 5.75 Å². The van der Waals surface area contributed by atoms with E-state index < -0.39 is 0 Å². The lowest BCUT2D eigenvalue weighted by atomic mass is 10.1. The Bertz CT molecular complexity index is 1030. The van der Waals surface area contributed by atoms with Crippen molar-refractivity contribution in [2.24, 2.45) is 0 Å². The Kier molecular flexibility index (Phi) is 6.74. The number of aryl methyl sites for hydroxylation is 1. The smallest absolute Gasteiger partial charge is 0.273 e. The molecule has 2 amide bonds. The van der Waals surface area contributed by atoms with Crippen molar-refractivity contribution in [1.29, 1.82) is 0 Å². The normalized spacial score (nSPS) is 10.5. The van der Waals surface area contributed by atoms with Gasteiger partial charge >= 0.3 is 0 Å². The van der Waals surface area contributed by atoms with E-state index in [4.69, 9.17) is 16.3 Å². The van der Waals surface area contributed by atoms with Gasteiger partial charge in [0.1, 0.15) is 18.1 Å². The fourth-order valence-corrected chi connectivity index (χ4v) is 2.92. The summed E-state index contributed by atoms with van der Waals surface area (Å²) in [6, 6.07) is 14.2. The molecule has 0 aliphatic heterocycles. The number of halogens is 1. The Hall–Kier alpha value is -3.32. The first-order valence-electron chi connectivity index (χ1n) is 9.45. The molecule has 0 aliphatic carbocycles. The Balaban J connectivity index is 1.67. The van der Waals surface area contributed by atoms with Crippen LogP contribution >= 0.6 is 11.6 Å². The maximum atomic E-state index is 12.7. The lowest BCUT2D eigenvalue weighted by Crippen LogP contribution is -2.26. The van der Waals surface area contributed by atoms with Crippen LogP contribution in [-0.2, 0) is 13.2 Å². The van der Waals surface area contributed by atoms with Gasteiger partial charge in [0.25, 0.3) is 11.8 Å². The summed E-state index contributed by atoms with van der Waals surface area (Å²) >= 11 is 5.87. The summed E-state index contributed by atoms with van der Waals surface area (Å²) in [7, 11) is 3.32. The van der Waals surface area contributed by atoms with Gasteiger partial charge < -0.3 is 15.0 Å². The minimum atomic E-state index is -0.316. The fraction of sp³-hybridized carbons (Fsp3) is 0.227. The Morgan fingerprint density at radius 1 is 1.10 bits per heavy atom. The zero-order valence-electron chi connectivity index (χ0n) is 17.1. The van der Waals surface area contributed by atoms with Crippen molar-refractivity contribution >= 4 is 29.1 Å². The van der Waals surface area contributed by atoms with Crippen LogP contribution in [-0.4, -0.2) is 40.6 Å². The summed E-state index contributed by atoms with van der Waals surface area (Å²) < 4.78 is 7.27. The van der Waals surface area contributed by atoms with Gasteiger partial charge in [-0.2, -0.15) is 5.10 Å². The Labute approximate surface area is 180 Å². The van der Waals surface area contributed by atoms with Crippen LogP contribution < -0.4 is 10.1 Å². The molecule has 3 rings (SSSR count). The second-order valence-corrected chi connectivity index (χ2v) is 7.25. The number of hydrogen-bond acceptors (Lipinski definition) is 4. The summed E-state index contributed by atoms with van der Waals surface area (Å²) in [5.74, 6) is 0.176. The molecule has 7 nitrogen and oxygen atoms in total. The molecular formula is C22H23ClN4O3. The van der Waals surface area contributed by atoms with E-state index in [9.17, 15) is 9.59 Å². The lowest BCUT2D eigenvalue weighted by molar-refractivity contribution is 0.0816. The highest BCUT2D eigenvalue weighted by atomic mass is 35.5. The number of benzene rings is 2. The Morgan fingerprint density at radius 3 is 2.37 bits per heavy atom. The maximum Gasteiger partial charge on any atom is 0.273 e. The van der Waals surface area contributed by atoms with Crippen LogP contribution in [0.1, 0.15) is 33.3 Å². The molecule has 0 aliphatic rings. The summed E-state index contributed by atoms with van der Waals surface area (Å²) in [5, 5.41) is 7.62. The number of carbonyl (C=O) groups is 2. The highest BCUT2D eigenvalue weighted by Crippen LogP contribution is 2.19. The number of amides is 2. The van der Waals surface area contributed by atoms with Crippen molar-refractivity contribution in [2.75, 3.05) is 19.4 Å². The second kappa shape index (κ2) is 9.45. The minimum Gasteiger partial charge on any atom is -0.489 e. The van der Waals surface area contributed by atoms with Crippen LogP contribution in [0, 0.1) is 0 Å². The SMILES string of the molecule is CCn1ncc(NC(=O)c2ccc(COc3ccc(Cl)cc3)cc2)c1C(=O)N(C)C. The van der Waals surface area contributed by atoms with E-state index in [2.05, 4.69) is 10.4 Å². The number of ether oxygens (including phenoxy) is 1. The summed E-state index contributed by atoms with van der Waals surface area (Å²) in [6.45, 7) is 2.78. The topological polar surface area (TPSA) is 76.5 Å². The molecule has 0 saturated heterocycles. The summed E-state index contributed by atoms with van der Waals surface area (Å²) in [4.78, 5) is 26.6. The van der Waals surface area contributed by atoms with Gasteiger partial charge in [0.15, 0.2) is 0 Å². The van der Waals surface area contributed by atoms with E-state index in [1.165, 1.54) is 11.1 Å². The standard InChI is InChI=1S/C22H23ClN4O3/c1-4-27-20(22(29)26(2)3)19(13-24-27)25-21(28)16-7-5-15(6-8-16)14-30-18-11-9-17(23)10-12-18/h5-13H,4,14H2,1-3H3,(H,25,28). The molecule has 2 aromatic carbocycles. The van der Waals surface area contributed by atoms with E-state index in [-0.39, 0.29) is 11.8 Å². The molecule has 30 heavy (non-hydrogen) atoms. The van der Waals surface area contributed by atoms with Crippen molar-refractivity contribution in [3.05, 3.63) is 76.6 Å². The number of nitrogens with zero attached hydrogens (tertiary/aromatic N) is 3. The molecule has 0 spiro atoms. The van der Waals surface area contributed by atoms with Crippen LogP contribution in [0.25, 0.3) is 0 Å². The Morgan fingerprint density at radius 2 is 1.77 bits per heavy atom. The molecule has 0 fully saturated rings. The first kappa shape index (κ1) is 21.4. The fourth-order valence-electron chi connectivity index (χ4n) is 2.80. The third kappa shape index (κ3) is 4.99. The second-order valence-electron chi connectivity index (χ2n) is 6.82. The molecule has 1 aromatic heterocycles. The molecule has 0 saturated carbocycles. The molecule has 1 N–H and O–H groups in total. The zero-order chi connectivity index (χ0) is 21.7. The van der Waals surface area contributed by atoms with Gasteiger partial charge in [0.05, 0.1) is 11.9 Å². The maximum absolute atomic E-state index is 12.7. The molecule has 0 atom stereocenters. The van der Waals surface area contributed by atoms with Crippen LogP contribution in [0.4, 0.5) is 5.69 Å². The van der Waals surface area contributed by atoms with Gasteiger partial charge in [-0.15, -0.1) is 0 Å². The number of rotatable bonds is 7. The summed E-state index contributed by atoms with van der Waals surface area (Å²) in [5.41, 5.74) is 2.13. The van der Waals surface area contributed by atoms with Crippen LogP contribution in [0.5, 0.6) is 5.75 Å². The summed E-state index contributed by atoms with van der Waals surface area (Å²) in [6.07, 6.45) is 1.49. The van der Waals surface area contributed by atoms with Gasteiger partial charge in [-0.1, -0.05) is 23.7 Å². The van der Waals surface area contributed by atoms with Gasteiger partial charge in [-0.3, -0.25) is 14.3 Å². The van der Waals surface area contributed by atoms with Crippen LogP contribution in [0.3, 0.4) is 0 Å². The number of anilines is 1. The average molecular weight is 427 g/mol. The minimum absolute atomic E-state index is 0.223. The van der Waals surface area contributed by atoms with Crippen molar-refractivity contribution < 1.29 is 14.3 Å². The third-order valence-electron chi connectivity index (χ3n) is 4.43. The van der Waals surface area contributed by atoms with Crippen LogP contribution in [0.2, 0.25) is 5.02 Å². The van der Waals surface area contributed by atoms with Gasteiger partial charge in [-0.25, -0.2) is 0 Å². The number of hydrogen-bond donors (Lipinski definition) is 1. The molecule has 8 heteroatoms. The predicted octanol–water partition coefficient (Wildman–Crippen LogP) is 4.09. The lowest BCUT2D eigenvalue weighted by Gasteiger charge is -2.13. The highest BCUT2D eigenvalue weighted by Gasteiger charge is 2.21. The molecule has 156 valence electrons. The zero-order valence-corrected chi connectivity index (χ0v) is 17.8. The van der Waals surface area contributed by atoms with Gasteiger partial charge in [0.2, 0.25) is 0 Å². The molecule has 0 unspecified atom stereocenters. The molecule has 1 heterocycles. The number of aromatic nitrogens is 2. The molecular weight excluding hydrogens is 404 g/mol. The highest BCUT2D eigenvalue weighted by molar-refractivity contribution is 6.30. The van der Waals surface area contributed by atoms with E-state index in [0.717, 1.165) is 5.56 Å². The van der Waals surface area contributed by atoms with Gasteiger partial charge in [0, 0.05) is 31.2 Å². The van der Waals surface area contributed by atoms with Crippen LogP contribution in [0.15, 0.2) is 54.7 Å².